The molecule has 0 amide bonds. The second kappa shape index (κ2) is 7.64. The molecule has 0 aliphatic heterocycles. The highest BCUT2D eigenvalue weighted by molar-refractivity contribution is 5.91. The largest absolute Gasteiger partial charge is 0.497 e. The zero-order valence-corrected chi connectivity index (χ0v) is 12.8. The van der Waals surface area contributed by atoms with E-state index in [9.17, 15) is 9.59 Å². The van der Waals surface area contributed by atoms with Crippen LogP contribution >= 0.6 is 0 Å². The Balaban J connectivity index is 2.04. The van der Waals surface area contributed by atoms with Crippen molar-refractivity contribution in [1.29, 1.82) is 0 Å². The van der Waals surface area contributed by atoms with Crippen LogP contribution in [-0.4, -0.2) is 32.1 Å². The summed E-state index contributed by atoms with van der Waals surface area (Å²) in [5.41, 5.74) is 0.703. The predicted octanol–water partition coefficient (Wildman–Crippen LogP) is 2.77. The molecule has 1 saturated carbocycles. The third kappa shape index (κ3) is 4.10. The Morgan fingerprint density at radius 2 is 2.05 bits per heavy atom. The van der Waals surface area contributed by atoms with Crippen LogP contribution < -0.4 is 9.47 Å². The van der Waals surface area contributed by atoms with Gasteiger partial charge in [-0.05, 0) is 43.5 Å². The van der Waals surface area contributed by atoms with E-state index in [2.05, 4.69) is 0 Å². The van der Waals surface area contributed by atoms with E-state index in [4.69, 9.17) is 14.2 Å². The number of benzene rings is 1. The van der Waals surface area contributed by atoms with Gasteiger partial charge in [-0.2, -0.15) is 0 Å². The van der Waals surface area contributed by atoms with E-state index in [1.165, 1.54) is 6.08 Å². The van der Waals surface area contributed by atoms with Gasteiger partial charge in [0.15, 0.2) is 11.9 Å². The van der Waals surface area contributed by atoms with Gasteiger partial charge in [-0.15, -0.1) is 0 Å². The summed E-state index contributed by atoms with van der Waals surface area (Å²) >= 11 is 0. The lowest BCUT2D eigenvalue weighted by Gasteiger charge is -2.19. The first-order chi connectivity index (χ1) is 10.6. The molecule has 0 saturated heterocycles. The van der Waals surface area contributed by atoms with Gasteiger partial charge in [0.1, 0.15) is 11.5 Å². The van der Waals surface area contributed by atoms with Crippen LogP contribution in [0.1, 0.15) is 31.2 Å². The summed E-state index contributed by atoms with van der Waals surface area (Å²) in [6.45, 7) is 0. The van der Waals surface area contributed by atoms with Gasteiger partial charge in [0.05, 0.1) is 14.2 Å². The van der Waals surface area contributed by atoms with Crippen LogP contribution in [0.3, 0.4) is 0 Å². The Hall–Kier alpha value is -2.30. The van der Waals surface area contributed by atoms with Crippen molar-refractivity contribution >= 4 is 17.8 Å². The topological polar surface area (TPSA) is 61.8 Å². The van der Waals surface area contributed by atoms with Gasteiger partial charge < -0.3 is 14.2 Å². The Morgan fingerprint density at radius 1 is 1.23 bits per heavy atom. The number of rotatable bonds is 5. The van der Waals surface area contributed by atoms with Crippen LogP contribution in [0, 0.1) is 0 Å². The fraction of sp³-hybridized carbons (Fsp3) is 0.412. The smallest absolute Gasteiger partial charge is 0.331 e. The lowest BCUT2D eigenvalue weighted by atomic mass is 9.96. The highest BCUT2D eigenvalue weighted by Crippen LogP contribution is 2.25. The first kappa shape index (κ1) is 16.1. The van der Waals surface area contributed by atoms with E-state index in [1.54, 1.807) is 38.5 Å². The van der Waals surface area contributed by atoms with Crippen molar-refractivity contribution in [3.05, 3.63) is 29.8 Å². The van der Waals surface area contributed by atoms with Gasteiger partial charge in [0, 0.05) is 18.1 Å². The number of methoxy groups -OCH3 is 2. The molecule has 0 N–H and O–H groups in total. The molecule has 2 rings (SSSR count). The number of hydrogen-bond donors (Lipinski definition) is 0. The lowest BCUT2D eigenvalue weighted by Crippen LogP contribution is -2.29. The number of carbonyl (C=O) groups excluding carboxylic acids is 2. The molecular formula is C17H20O5. The Labute approximate surface area is 129 Å². The Kier molecular flexibility index (Phi) is 5.58. The third-order valence-electron chi connectivity index (χ3n) is 3.59. The first-order valence-electron chi connectivity index (χ1n) is 7.27. The fourth-order valence-corrected chi connectivity index (χ4v) is 2.38. The zero-order chi connectivity index (χ0) is 15.9. The van der Waals surface area contributed by atoms with Gasteiger partial charge >= 0.3 is 5.97 Å². The molecule has 1 aliphatic rings. The molecule has 1 fully saturated rings. The molecule has 1 aromatic carbocycles. The summed E-state index contributed by atoms with van der Waals surface area (Å²) in [6.07, 6.45) is 5.20. The average molecular weight is 304 g/mol. The van der Waals surface area contributed by atoms with Crippen LogP contribution in [0.5, 0.6) is 11.5 Å². The maximum Gasteiger partial charge on any atom is 0.331 e. The minimum Gasteiger partial charge on any atom is -0.497 e. The maximum absolute atomic E-state index is 11.9. The molecule has 0 aromatic heterocycles. The predicted molar refractivity (Wildman–Crippen MR) is 81.9 cm³/mol. The van der Waals surface area contributed by atoms with E-state index < -0.39 is 12.1 Å². The summed E-state index contributed by atoms with van der Waals surface area (Å²) in [7, 11) is 3.12. The fourth-order valence-electron chi connectivity index (χ4n) is 2.38. The zero-order valence-electron chi connectivity index (χ0n) is 12.8. The van der Waals surface area contributed by atoms with Crippen LogP contribution in [0.2, 0.25) is 0 Å². The van der Waals surface area contributed by atoms with Crippen LogP contribution in [-0.2, 0) is 14.3 Å². The van der Waals surface area contributed by atoms with Crippen LogP contribution in [0.25, 0.3) is 6.08 Å². The number of carbonyl (C=O) groups is 2. The molecule has 22 heavy (non-hydrogen) atoms. The van der Waals surface area contributed by atoms with Crippen molar-refractivity contribution in [2.75, 3.05) is 14.2 Å². The van der Waals surface area contributed by atoms with Gasteiger partial charge in [0.2, 0.25) is 0 Å². The summed E-state index contributed by atoms with van der Waals surface area (Å²) in [5.74, 6) is 0.770. The highest BCUT2D eigenvalue weighted by atomic mass is 16.5. The molecule has 1 aromatic rings. The van der Waals surface area contributed by atoms with Crippen molar-refractivity contribution in [1.82, 2.24) is 0 Å². The molecule has 1 unspecified atom stereocenters. The number of Topliss-reactive ketones (excluding diaryl/α,β-unsaturated/α-hetero) is 1. The molecule has 0 bridgehead atoms. The standard InChI is InChI=1S/C17H20O5/c1-20-13-8-9-15(21-2)12(11-13)7-10-17(19)22-16-6-4-3-5-14(16)18/h7-11,16H,3-6H2,1-2H3/b10-7+. The molecule has 0 heterocycles. The second-order valence-electron chi connectivity index (χ2n) is 5.08. The van der Waals surface area contributed by atoms with Crippen molar-refractivity contribution < 1.29 is 23.8 Å². The normalized spacial score (nSPS) is 18.3. The lowest BCUT2D eigenvalue weighted by molar-refractivity contribution is -0.152. The number of ketones is 1. The quantitative estimate of drug-likeness (QED) is 0.618. The van der Waals surface area contributed by atoms with E-state index in [1.807, 2.05) is 0 Å². The van der Waals surface area contributed by atoms with Crippen LogP contribution in [0.4, 0.5) is 0 Å². The SMILES string of the molecule is COc1ccc(OC)c(/C=C/C(=O)OC2CCCCC2=O)c1. The average Bonchev–Trinajstić information content (AvgIpc) is 2.54. The van der Waals surface area contributed by atoms with Gasteiger partial charge in [0.25, 0.3) is 0 Å². The second-order valence-corrected chi connectivity index (χ2v) is 5.08. The number of esters is 1. The van der Waals surface area contributed by atoms with E-state index in [0.717, 1.165) is 12.8 Å². The highest BCUT2D eigenvalue weighted by Gasteiger charge is 2.24. The minimum atomic E-state index is -0.599. The van der Waals surface area contributed by atoms with Gasteiger partial charge in [-0.25, -0.2) is 4.79 Å². The number of hydrogen-bond acceptors (Lipinski definition) is 5. The van der Waals surface area contributed by atoms with Crippen molar-refractivity contribution in [3.8, 4) is 11.5 Å². The summed E-state index contributed by atoms with van der Waals surface area (Å²) in [5, 5.41) is 0. The molecule has 1 aliphatic carbocycles. The molecule has 118 valence electrons. The molecule has 0 spiro atoms. The summed E-state index contributed by atoms with van der Waals surface area (Å²) in [4.78, 5) is 23.5. The van der Waals surface area contributed by atoms with Crippen molar-refractivity contribution in [2.24, 2.45) is 0 Å². The van der Waals surface area contributed by atoms with E-state index in [-0.39, 0.29) is 5.78 Å². The van der Waals surface area contributed by atoms with Crippen molar-refractivity contribution in [3.63, 3.8) is 0 Å². The van der Waals surface area contributed by atoms with Gasteiger partial charge in [-0.3, -0.25) is 4.79 Å². The monoisotopic (exact) mass is 304 g/mol. The molecular weight excluding hydrogens is 284 g/mol. The van der Waals surface area contributed by atoms with E-state index in [0.29, 0.717) is 29.9 Å². The molecule has 5 heteroatoms. The maximum atomic E-state index is 11.9. The Morgan fingerprint density at radius 3 is 2.73 bits per heavy atom. The molecule has 0 radical (unpaired) electrons. The Bertz CT molecular complexity index is 576. The summed E-state index contributed by atoms with van der Waals surface area (Å²) in [6, 6.07) is 5.29. The third-order valence-corrected chi connectivity index (χ3v) is 3.59. The van der Waals surface area contributed by atoms with Gasteiger partial charge in [-0.1, -0.05) is 0 Å². The molecule has 1 atom stereocenters. The minimum absolute atomic E-state index is 0.00645. The number of ether oxygens (including phenoxy) is 3. The van der Waals surface area contributed by atoms with Crippen LogP contribution in [0.15, 0.2) is 24.3 Å². The summed E-state index contributed by atoms with van der Waals surface area (Å²) < 4.78 is 15.6. The first-order valence-corrected chi connectivity index (χ1v) is 7.27. The van der Waals surface area contributed by atoms with Crippen molar-refractivity contribution in [2.45, 2.75) is 31.8 Å². The molecule has 5 nitrogen and oxygen atoms in total. The van der Waals surface area contributed by atoms with E-state index >= 15 is 0 Å².